The van der Waals surface area contributed by atoms with E-state index in [0.717, 1.165) is 19.5 Å². The molecule has 0 atom stereocenters. The molecule has 0 unspecified atom stereocenters. The van der Waals surface area contributed by atoms with Crippen molar-refractivity contribution in [2.45, 2.75) is 26.8 Å². The van der Waals surface area contributed by atoms with Crippen LogP contribution >= 0.6 is 0 Å². The lowest BCUT2D eigenvalue weighted by molar-refractivity contribution is -0.135. The van der Waals surface area contributed by atoms with Crippen LogP contribution in [0.5, 0.6) is 0 Å². The van der Waals surface area contributed by atoms with Crippen molar-refractivity contribution in [3.8, 4) is 0 Å². The Hall–Kier alpha value is -1.25. The molecule has 2 heterocycles. The largest absolute Gasteiger partial charge is 0.365 e. The fourth-order valence-corrected chi connectivity index (χ4v) is 1.90. The molecule has 0 spiro atoms. The van der Waals surface area contributed by atoms with Gasteiger partial charge in [-0.05, 0) is 11.6 Å². The van der Waals surface area contributed by atoms with Crippen molar-refractivity contribution in [2.24, 2.45) is 5.92 Å². The van der Waals surface area contributed by atoms with Crippen LogP contribution in [0.2, 0.25) is 0 Å². The SMILES string of the molecule is CC(C)C(=O)N1CCc2[nH]ccc2C1. The third-order valence-electron chi connectivity index (χ3n) is 2.73. The molecule has 3 nitrogen and oxygen atoms in total. The average molecular weight is 192 g/mol. The lowest BCUT2D eigenvalue weighted by atomic mass is 10.1. The van der Waals surface area contributed by atoms with E-state index in [0.29, 0.717) is 0 Å². The zero-order valence-electron chi connectivity index (χ0n) is 8.71. The maximum absolute atomic E-state index is 11.7. The van der Waals surface area contributed by atoms with Crippen molar-refractivity contribution in [2.75, 3.05) is 6.54 Å². The smallest absolute Gasteiger partial charge is 0.225 e. The second kappa shape index (κ2) is 3.48. The number of carbonyl (C=O) groups excluding carboxylic acids is 1. The highest BCUT2D eigenvalue weighted by molar-refractivity contribution is 5.78. The molecule has 1 amide bonds. The number of hydrogen-bond acceptors (Lipinski definition) is 1. The Morgan fingerprint density at radius 2 is 2.36 bits per heavy atom. The quantitative estimate of drug-likeness (QED) is 0.720. The van der Waals surface area contributed by atoms with Gasteiger partial charge in [-0.15, -0.1) is 0 Å². The zero-order valence-corrected chi connectivity index (χ0v) is 8.71. The number of amides is 1. The number of carbonyl (C=O) groups is 1. The second-order valence-electron chi connectivity index (χ2n) is 4.15. The minimum atomic E-state index is 0.107. The molecule has 2 rings (SSSR count). The Kier molecular flexibility index (Phi) is 2.32. The van der Waals surface area contributed by atoms with Crippen LogP contribution in [0.25, 0.3) is 0 Å². The van der Waals surface area contributed by atoms with E-state index in [4.69, 9.17) is 0 Å². The predicted molar refractivity (Wildman–Crippen MR) is 54.8 cm³/mol. The molecule has 1 aliphatic heterocycles. The molecule has 0 aliphatic carbocycles. The summed E-state index contributed by atoms with van der Waals surface area (Å²) < 4.78 is 0. The van der Waals surface area contributed by atoms with Crippen molar-refractivity contribution in [3.63, 3.8) is 0 Å². The summed E-state index contributed by atoms with van der Waals surface area (Å²) in [6, 6.07) is 2.06. The first kappa shape index (κ1) is 9.31. The average Bonchev–Trinajstić information content (AvgIpc) is 2.62. The molecule has 1 aromatic rings. The molecule has 0 saturated carbocycles. The summed E-state index contributed by atoms with van der Waals surface area (Å²) in [7, 11) is 0. The van der Waals surface area contributed by atoms with Crippen molar-refractivity contribution in [1.82, 2.24) is 9.88 Å². The molecule has 3 heteroatoms. The van der Waals surface area contributed by atoms with Crippen LogP contribution in [0.4, 0.5) is 0 Å². The Balaban J connectivity index is 2.11. The van der Waals surface area contributed by atoms with Crippen LogP contribution in [0.3, 0.4) is 0 Å². The number of hydrogen-bond donors (Lipinski definition) is 1. The van der Waals surface area contributed by atoms with E-state index in [1.54, 1.807) is 0 Å². The molecule has 0 fully saturated rings. The van der Waals surface area contributed by atoms with Gasteiger partial charge in [-0.2, -0.15) is 0 Å². The molecule has 1 N–H and O–H groups in total. The number of nitrogens with zero attached hydrogens (tertiary/aromatic N) is 1. The number of rotatable bonds is 1. The Labute approximate surface area is 84.1 Å². The van der Waals surface area contributed by atoms with Gasteiger partial charge in [-0.25, -0.2) is 0 Å². The van der Waals surface area contributed by atoms with Gasteiger partial charge in [0.1, 0.15) is 0 Å². The molecule has 0 aromatic carbocycles. The maximum atomic E-state index is 11.7. The van der Waals surface area contributed by atoms with Crippen LogP contribution in [-0.2, 0) is 17.8 Å². The Morgan fingerprint density at radius 1 is 1.57 bits per heavy atom. The van der Waals surface area contributed by atoms with E-state index >= 15 is 0 Å². The van der Waals surface area contributed by atoms with E-state index in [2.05, 4.69) is 11.1 Å². The van der Waals surface area contributed by atoms with E-state index in [1.807, 2.05) is 24.9 Å². The lowest BCUT2D eigenvalue weighted by Gasteiger charge is -2.28. The summed E-state index contributed by atoms with van der Waals surface area (Å²) in [6.07, 6.45) is 2.91. The van der Waals surface area contributed by atoms with Gasteiger partial charge in [0, 0.05) is 37.3 Å². The fourth-order valence-electron chi connectivity index (χ4n) is 1.90. The van der Waals surface area contributed by atoms with E-state index in [9.17, 15) is 4.79 Å². The highest BCUT2D eigenvalue weighted by Crippen LogP contribution is 2.18. The van der Waals surface area contributed by atoms with Crippen LogP contribution in [0.1, 0.15) is 25.1 Å². The fraction of sp³-hybridized carbons (Fsp3) is 0.545. The van der Waals surface area contributed by atoms with Gasteiger partial charge in [0.05, 0.1) is 0 Å². The van der Waals surface area contributed by atoms with Crippen LogP contribution in [-0.4, -0.2) is 22.3 Å². The molecule has 0 saturated heterocycles. The number of aromatic nitrogens is 1. The van der Waals surface area contributed by atoms with Gasteiger partial charge >= 0.3 is 0 Å². The number of nitrogens with one attached hydrogen (secondary N) is 1. The molecule has 14 heavy (non-hydrogen) atoms. The van der Waals surface area contributed by atoms with Gasteiger partial charge in [-0.1, -0.05) is 13.8 Å². The number of aromatic amines is 1. The predicted octanol–water partition coefficient (Wildman–Crippen LogP) is 1.56. The second-order valence-corrected chi connectivity index (χ2v) is 4.15. The highest BCUT2D eigenvalue weighted by Gasteiger charge is 2.22. The minimum absolute atomic E-state index is 0.107. The third-order valence-corrected chi connectivity index (χ3v) is 2.73. The highest BCUT2D eigenvalue weighted by atomic mass is 16.2. The summed E-state index contributed by atoms with van der Waals surface area (Å²) in [5.74, 6) is 0.368. The van der Waals surface area contributed by atoms with Crippen molar-refractivity contribution < 1.29 is 4.79 Å². The van der Waals surface area contributed by atoms with E-state index in [-0.39, 0.29) is 11.8 Å². The maximum Gasteiger partial charge on any atom is 0.225 e. The molecule has 0 radical (unpaired) electrons. The molecular formula is C11H16N2O. The standard InChI is InChI=1S/C11H16N2O/c1-8(2)11(14)13-6-4-10-9(7-13)3-5-12-10/h3,5,8,12H,4,6-7H2,1-2H3. The summed E-state index contributed by atoms with van der Waals surface area (Å²) in [4.78, 5) is 16.9. The summed E-state index contributed by atoms with van der Waals surface area (Å²) >= 11 is 0. The molecular weight excluding hydrogens is 176 g/mol. The summed E-state index contributed by atoms with van der Waals surface area (Å²) in [6.45, 7) is 5.53. The lowest BCUT2D eigenvalue weighted by Crippen LogP contribution is -2.38. The Morgan fingerprint density at radius 3 is 3.07 bits per heavy atom. The number of H-pyrrole nitrogens is 1. The van der Waals surface area contributed by atoms with Gasteiger partial charge in [0.2, 0.25) is 5.91 Å². The van der Waals surface area contributed by atoms with Gasteiger partial charge in [-0.3, -0.25) is 4.79 Å². The van der Waals surface area contributed by atoms with Crippen molar-refractivity contribution in [3.05, 3.63) is 23.5 Å². The zero-order chi connectivity index (χ0) is 10.1. The summed E-state index contributed by atoms with van der Waals surface area (Å²) in [5, 5.41) is 0. The van der Waals surface area contributed by atoms with Gasteiger partial charge < -0.3 is 9.88 Å². The first-order valence-corrected chi connectivity index (χ1v) is 5.12. The Bertz CT molecular complexity index is 341. The molecule has 1 aromatic heterocycles. The topological polar surface area (TPSA) is 36.1 Å². The van der Waals surface area contributed by atoms with E-state index in [1.165, 1.54) is 11.3 Å². The first-order chi connectivity index (χ1) is 6.68. The summed E-state index contributed by atoms with van der Waals surface area (Å²) in [5.41, 5.74) is 2.56. The molecule has 76 valence electrons. The first-order valence-electron chi connectivity index (χ1n) is 5.12. The van der Waals surface area contributed by atoms with Crippen molar-refractivity contribution >= 4 is 5.91 Å². The van der Waals surface area contributed by atoms with Crippen molar-refractivity contribution in [1.29, 1.82) is 0 Å². The molecule has 1 aliphatic rings. The van der Waals surface area contributed by atoms with Gasteiger partial charge in [0.25, 0.3) is 0 Å². The van der Waals surface area contributed by atoms with Gasteiger partial charge in [0.15, 0.2) is 0 Å². The van der Waals surface area contributed by atoms with Crippen LogP contribution in [0, 0.1) is 5.92 Å². The van der Waals surface area contributed by atoms with Crippen LogP contribution < -0.4 is 0 Å². The third kappa shape index (κ3) is 1.54. The normalized spacial score (nSPS) is 15.8. The van der Waals surface area contributed by atoms with Crippen LogP contribution in [0.15, 0.2) is 12.3 Å². The monoisotopic (exact) mass is 192 g/mol. The van der Waals surface area contributed by atoms with E-state index < -0.39 is 0 Å². The number of fused-ring (bicyclic) bond motifs is 1. The molecule has 0 bridgehead atoms. The minimum Gasteiger partial charge on any atom is -0.365 e.